The summed E-state index contributed by atoms with van der Waals surface area (Å²) in [4.78, 5) is 8.64. The second-order valence-electron chi connectivity index (χ2n) is 13.0. The Bertz CT molecular complexity index is 2610. The molecule has 0 spiro atoms. The maximum absolute atomic E-state index is 15.2. The molecule has 1 aliphatic heterocycles. The minimum atomic E-state index is -0.299. The molecule has 258 valence electrons. The number of hydrogen-bond acceptors (Lipinski definition) is 4. The van der Waals surface area contributed by atoms with E-state index in [2.05, 4.69) is 92.1 Å². The van der Waals surface area contributed by atoms with E-state index in [1.807, 2.05) is 77.3 Å². The number of aryl methyl sites for hydroxylation is 3. The molecule has 52 heavy (non-hydrogen) atoms. The summed E-state index contributed by atoms with van der Waals surface area (Å²) in [6.07, 6.45) is 1.83. The molecule has 0 amide bonds. The molecule has 0 fully saturated rings. The zero-order valence-corrected chi connectivity index (χ0v) is 30.9. The number of nitrogens with zero attached hydrogens (tertiary/aromatic N) is 4. The Morgan fingerprint density at radius 2 is 1.31 bits per heavy atom. The van der Waals surface area contributed by atoms with E-state index in [0.717, 1.165) is 61.4 Å². The molecule has 0 bridgehead atoms. The van der Waals surface area contributed by atoms with Gasteiger partial charge >= 0.3 is 0 Å². The van der Waals surface area contributed by atoms with Crippen LogP contribution >= 0.6 is 0 Å². The third-order valence-corrected chi connectivity index (χ3v) is 9.30. The van der Waals surface area contributed by atoms with Crippen LogP contribution in [-0.2, 0) is 21.1 Å². The Morgan fingerprint density at radius 3 is 2.08 bits per heavy atom. The zero-order chi connectivity index (χ0) is 34.6. The van der Waals surface area contributed by atoms with Crippen molar-refractivity contribution >= 4 is 44.6 Å². The number of hydrogen-bond donors (Lipinski definition) is 0. The molecule has 0 unspecified atom stereocenters. The van der Waals surface area contributed by atoms with E-state index in [-0.39, 0.29) is 26.9 Å². The quantitative estimate of drug-likeness (QED) is 0.156. The van der Waals surface area contributed by atoms with Crippen molar-refractivity contribution in [2.45, 2.75) is 20.8 Å². The van der Waals surface area contributed by atoms with Crippen molar-refractivity contribution in [2.24, 2.45) is 0 Å². The summed E-state index contributed by atoms with van der Waals surface area (Å²) in [5.74, 6) is 1.61. The molecule has 0 radical (unpaired) electrons. The topological polar surface area (TPSA) is 33.5 Å². The van der Waals surface area contributed by atoms with Crippen molar-refractivity contribution in [3.8, 4) is 28.4 Å². The van der Waals surface area contributed by atoms with Crippen LogP contribution in [0.5, 0.6) is 11.5 Å². The van der Waals surface area contributed by atoms with Crippen LogP contribution in [0.2, 0.25) is 0 Å². The Labute approximate surface area is 316 Å². The SMILES string of the molecule is Cc1cc(C)cc(-c2cc(Oc3[c-]c4c(cc3)c3ccccc3n4-c3cc(C)ccn3)[c-]c(N3[CH-]N(c4ccccc4F)c4ccccc43)c2)c1.[Pt]. The Kier molecular flexibility index (Phi) is 8.64. The molecule has 0 atom stereocenters. The second kappa shape index (κ2) is 13.4. The van der Waals surface area contributed by atoms with Gasteiger partial charge in [-0.15, -0.1) is 53.6 Å². The number of rotatable bonds is 6. The second-order valence-corrected chi connectivity index (χ2v) is 13.0. The van der Waals surface area contributed by atoms with Gasteiger partial charge < -0.3 is 19.1 Å². The number of benzene rings is 6. The summed E-state index contributed by atoms with van der Waals surface area (Å²) in [7, 11) is 0. The van der Waals surface area contributed by atoms with Crippen molar-refractivity contribution in [3.63, 3.8) is 0 Å². The van der Waals surface area contributed by atoms with Crippen molar-refractivity contribution in [1.82, 2.24) is 9.55 Å². The molecule has 2 aromatic heterocycles. The minimum absolute atomic E-state index is 0. The van der Waals surface area contributed by atoms with Crippen molar-refractivity contribution in [2.75, 3.05) is 9.80 Å². The van der Waals surface area contributed by atoms with Crippen LogP contribution in [0, 0.1) is 45.4 Å². The van der Waals surface area contributed by atoms with Crippen LogP contribution in [-0.4, -0.2) is 9.55 Å². The maximum Gasteiger partial charge on any atom is 0.144 e. The third kappa shape index (κ3) is 5.93. The summed E-state index contributed by atoms with van der Waals surface area (Å²) in [5, 5.41) is 2.18. The first-order valence-corrected chi connectivity index (χ1v) is 16.9. The largest absolute Gasteiger partial charge is 0.509 e. The molecule has 9 rings (SSSR count). The van der Waals surface area contributed by atoms with E-state index in [4.69, 9.17) is 9.72 Å². The summed E-state index contributed by atoms with van der Waals surface area (Å²) in [5.41, 5.74) is 10.4. The average molecular weight is 859 g/mol. The summed E-state index contributed by atoms with van der Waals surface area (Å²) < 4.78 is 24.0. The molecule has 7 heteroatoms. The van der Waals surface area contributed by atoms with Crippen molar-refractivity contribution in [1.29, 1.82) is 0 Å². The summed E-state index contributed by atoms with van der Waals surface area (Å²) >= 11 is 0. The van der Waals surface area contributed by atoms with E-state index in [1.165, 1.54) is 17.2 Å². The number of anilines is 4. The van der Waals surface area contributed by atoms with Gasteiger partial charge in [-0.2, -0.15) is 6.07 Å². The number of aromatic nitrogens is 2. The fourth-order valence-corrected chi connectivity index (χ4v) is 7.10. The predicted octanol–water partition coefficient (Wildman–Crippen LogP) is 11.7. The summed E-state index contributed by atoms with van der Waals surface area (Å²) in [6.45, 7) is 8.19. The molecule has 1 aliphatic rings. The first kappa shape index (κ1) is 33.4. The number of pyridine rings is 1. The first-order valence-electron chi connectivity index (χ1n) is 16.9. The van der Waals surface area contributed by atoms with Gasteiger partial charge in [0.1, 0.15) is 11.6 Å². The number of fused-ring (bicyclic) bond motifs is 4. The molecule has 0 N–H and O–H groups in total. The summed E-state index contributed by atoms with van der Waals surface area (Å²) in [6, 6.07) is 49.0. The van der Waals surface area contributed by atoms with Gasteiger partial charge in [0.15, 0.2) is 0 Å². The average Bonchev–Trinajstić information content (AvgIpc) is 3.67. The number of para-hydroxylation sites is 4. The molecule has 8 aromatic rings. The standard InChI is InChI=1S/C45H32FN4O.Pt/c1-29-18-19-47-45(23-29)50-40-12-6-4-10-37(40)38-17-16-35(27-44(38)50)51-36-25-33(32-21-30(2)20-31(3)22-32)24-34(26-36)48-28-49(41-13-7-5-11-39(41)46)43-15-9-8-14-42(43)48;/h4-25,28H,1-3H3;/q-3;. The maximum atomic E-state index is 15.2. The number of ether oxygens (including phenoxy) is 1. The van der Waals surface area contributed by atoms with Crippen LogP contribution in [0.15, 0.2) is 134 Å². The minimum Gasteiger partial charge on any atom is -0.509 e. The molecule has 3 heterocycles. The van der Waals surface area contributed by atoms with E-state index in [9.17, 15) is 0 Å². The first-order chi connectivity index (χ1) is 24.9. The molecule has 5 nitrogen and oxygen atoms in total. The van der Waals surface area contributed by atoms with E-state index in [0.29, 0.717) is 17.2 Å². The molecule has 0 saturated heterocycles. The fourth-order valence-electron chi connectivity index (χ4n) is 7.10. The predicted molar refractivity (Wildman–Crippen MR) is 204 cm³/mol. The zero-order valence-electron chi connectivity index (χ0n) is 28.7. The normalized spacial score (nSPS) is 12.3. The van der Waals surface area contributed by atoms with E-state index < -0.39 is 0 Å². The molecular formula is C45H32FN4OPt-3. The molecule has 0 saturated carbocycles. The van der Waals surface area contributed by atoms with Crippen LogP contribution in [0.25, 0.3) is 38.8 Å². The van der Waals surface area contributed by atoms with Crippen LogP contribution in [0.4, 0.5) is 27.1 Å². The van der Waals surface area contributed by atoms with Crippen molar-refractivity contribution < 1.29 is 30.2 Å². The van der Waals surface area contributed by atoms with Gasteiger partial charge in [0, 0.05) is 61.3 Å². The van der Waals surface area contributed by atoms with Crippen LogP contribution < -0.4 is 14.5 Å². The smallest absolute Gasteiger partial charge is 0.144 e. The van der Waals surface area contributed by atoms with Crippen molar-refractivity contribution in [3.05, 3.63) is 175 Å². The van der Waals surface area contributed by atoms with Gasteiger partial charge in [0.05, 0.1) is 0 Å². The molecule has 0 aliphatic carbocycles. The number of halogens is 1. The van der Waals surface area contributed by atoms with Gasteiger partial charge in [-0.3, -0.25) is 0 Å². The van der Waals surface area contributed by atoms with Gasteiger partial charge in [-0.05, 0) is 79.7 Å². The van der Waals surface area contributed by atoms with Crippen LogP contribution in [0.3, 0.4) is 0 Å². The Morgan fingerprint density at radius 1 is 0.615 bits per heavy atom. The van der Waals surface area contributed by atoms with Gasteiger partial charge in [-0.25, -0.2) is 9.37 Å². The molecule has 6 aromatic carbocycles. The molecular weight excluding hydrogens is 827 g/mol. The third-order valence-electron chi connectivity index (χ3n) is 9.30. The Hall–Kier alpha value is -5.71. The Balaban J connectivity index is 0.00000387. The van der Waals surface area contributed by atoms with Crippen LogP contribution in [0.1, 0.15) is 16.7 Å². The fraction of sp³-hybridized carbons (Fsp3) is 0.0667. The van der Waals surface area contributed by atoms with E-state index >= 15 is 4.39 Å². The van der Waals surface area contributed by atoms with Gasteiger partial charge in [0.2, 0.25) is 0 Å². The monoisotopic (exact) mass is 858 g/mol. The van der Waals surface area contributed by atoms with Gasteiger partial charge in [-0.1, -0.05) is 77.3 Å². The van der Waals surface area contributed by atoms with Gasteiger partial charge in [0.25, 0.3) is 0 Å². The van der Waals surface area contributed by atoms with E-state index in [1.54, 1.807) is 12.1 Å².